The SMILES string of the molecule is CN(Cc1nn(C)c(C#N)c1OB(O)O)C(=O)OC(C)(C)C. The van der Waals surface area contributed by atoms with Gasteiger partial charge in [0.05, 0.1) is 6.54 Å². The van der Waals surface area contributed by atoms with Gasteiger partial charge in [0.2, 0.25) is 0 Å². The number of amides is 1. The van der Waals surface area contributed by atoms with Crippen molar-refractivity contribution < 1.29 is 24.2 Å². The van der Waals surface area contributed by atoms with Crippen molar-refractivity contribution in [2.45, 2.75) is 32.9 Å². The number of ether oxygens (including phenoxy) is 1. The van der Waals surface area contributed by atoms with E-state index in [0.29, 0.717) is 0 Å². The van der Waals surface area contributed by atoms with Gasteiger partial charge in [-0.2, -0.15) is 10.4 Å². The second-order valence-corrected chi connectivity index (χ2v) is 5.64. The number of nitrogens with zero attached hydrogens (tertiary/aromatic N) is 4. The van der Waals surface area contributed by atoms with Crippen molar-refractivity contribution in [2.75, 3.05) is 7.05 Å². The molecule has 10 heteroatoms. The average Bonchev–Trinajstić information content (AvgIpc) is 2.62. The van der Waals surface area contributed by atoms with Gasteiger partial charge in [0, 0.05) is 14.1 Å². The normalized spacial score (nSPS) is 10.8. The highest BCUT2D eigenvalue weighted by molar-refractivity contribution is 6.33. The number of aromatic nitrogens is 2. The van der Waals surface area contributed by atoms with E-state index in [4.69, 9.17) is 24.7 Å². The minimum Gasteiger partial charge on any atom is -0.508 e. The molecule has 1 heterocycles. The lowest BCUT2D eigenvalue weighted by Gasteiger charge is -2.24. The van der Waals surface area contributed by atoms with E-state index < -0.39 is 19.0 Å². The summed E-state index contributed by atoms with van der Waals surface area (Å²) >= 11 is 0. The van der Waals surface area contributed by atoms with Gasteiger partial charge in [0.15, 0.2) is 11.4 Å². The predicted molar refractivity (Wildman–Crippen MR) is 76.4 cm³/mol. The molecule has 0 aliphatic heterocycles. The molecule has 9 nitrogen and oxygen atoms in total. The van der Waals surface area contributed by atoms with E-state index in [1.54, 1.807) is 20.8 Å². The molecule has 0 saturated heterocycles. The van der Waals surface area contributed by atoms with Gasteiger partial charge in [-0.1, -0.05) is 0 Å². The summed E-state index contributed by atoms with van der Waals surface area (Å²) in [7, 11) is 0.905. The van der Waals surface area contributed by atoms with Gasteiger partial charge in [-0.15, -0.1) is 0 Å². The molecule has 0 spiro atoms. The monoisotopic (exact) mass is 310 g/mol. The van der Waals surface area contributed by atoms with Gasteiger partial charge in [0.25, 0.3) is 0 Å². The smallest absolute Gasteiger partial charge is 0.508 e. The highest BCUT2D eigenvalue weighted by atomic mass is 16.6. The van der Waals surface area contributed by atoms with Gasteiger partial charge < -0.3 is 24.3 Å². The molecule has 0 aliphatic rings. The van der Waals surface area contributed by atoms with E-state index in [1.807, 2.05) is 6.07 Å². The van der Waals surface area contributed by atoms with Crippen LogP contribution in [0.5, 0.6) is 5.75 Å². The van der Waals surface area contributed by atoms with Crippen LogP contribution in [0.4, 0.5) is 4.79 Å². The van der Waals surface area contributed by atoms with Crippen LogP contribution < -0.4 is 4.65 Å². The fourth-order valence-corrected chi connectivity index (χ4v) is 1.64. The predicted octanol–water partition coefficient (Wildman–Crippen LogP) is 0.00698. The van der Waals surface area contributed by atoms with Crippen molar-refractivity contribution in [1.29, 1.82) is 5.26 Å². The van der Waals surface area contributed by atoms with Gasteiger partial charge in [-0.05, 0) is 20.8 Å². The van der Waals surface area contributed by atoms with Crippen LogP contribution in [0.1, 0.15) is 32.2 Å². The molecule has 0 atom stereocenters. The molecule has 2 N–H and O–H groups in total. The Morgan fingerprint density at radius 3 is 2.55 bits per heavy atom. The highest BCUT2D eigenvalue weighted by Crippen LogP contribution is 2.24. The minimum atomic E-state index is -2.10. The number of aryl methyl sites for hydroxylation is 1. The zero-order valence-electron chi connectivity index (χ0n) is 13.2. The summed E-state index contributed by atoms with van der Waals surface area (Å²) in [5.74, 6) is -0.0876. The second-order valence-electron chi connectivity index (χ2n) is 5.64. The fourth-order valence-electron chi connectivity index (χ4n) is 1.64. The average molecular weight is 310 g/mol. The van der Waals surface area contributed by atoms with E-state index in [2.05, 4.69) is 5.10 Å². The third kappa shape index (κ3) is 4.65. The number of hydrogen-bond donors (Lipinski definition) is 2. The number of carbonyl (C=O) groups is 1. The molecule has 0 unspecified atom stereocenters. The first-order chi connectivity index (χ1) is 10.0. The molecule has 22 heavy (non-hydrogen) atoms. The van der Waals surface area contributed by atoms with Crippen LogP contribution >= 0.6 is 0 Å². The van der Waals surface area contributed by atoms with Crippen LogP contribution in [0.2, 0.25) is 0 Å². The highest BCUT2D eigenvalue weighted by Gasteiger charge is 2.26. The summed E-state index contributed by atoms with van der Waals surface area (Å²) in [5.41, 5.74) is -0.422. The molecule has 0 aromatic carbocycles. The fraction of sp³-hybridized carbons (Fsp3) is 0.583. The van der Waals surface area contributed by atoms with Crippen LogP contribution in [0, 0.1) is 11.3 Å². The Labute approximate surface area is 128 Å². The van der Waals surface area contributed by atoms with Crippen LogP contribution in [0.3, 0.4) is 0 Å². The molecule has 0 bridgehead atoms. The Bertz CT molecular complexity index is 588. The molecule has 0 fully saturated rings. The van der Waals surface area contributed by atoms with Gasteiger partial charge >= 0.3 is 13.4 Å². The maximum Gasteiger partial charge on any atom is 0.707 e. The second kappa shape index (κ2) is 6.68. The van der Waals surface area contributed by atoms with Crippen molar-refractivity contribution >= 4 is 13.4 Å². The number of carbonyl (C=O) groups excluding carboxylic acids is 1. The summed E-state index contributed by atoms with van der Waals surface area (Å²) in [6.45, 7) is 5.20. The third-order valence-electron chi connectivity index (χ3n) is 2.49. The minimum absolute atomic E-state index is 0.0145. The van der Waals surface area contributed by atoms with Crippen LogP contribution in [0.25, 0.3) is 0 Å². The molecule has 0 radical (unpaired) electrons. The molecular formula is C12H19BN4O5. The molecule has 1 rings (SSSR count). The summed E-state index contributed by atoms with van der Waals surface area (Å²) < 4.78 is 11.2. The Balaban J connectivity index is 2.98. The Hall–Kier alpha value is -2.25. The van der Waals surface area contributed by atoms with E-state index in [1.165, 1.54) is 23.7 Å². The molecular weight excluding hydrogens is 291 g/mol. The summed E-state index contributed by atoms with van der Waals surface area (Å²) in [6.07, 6.45) is -0.577. The van der Waals surface area contributed by atoms with Crippen molar-refractivity contribution in [3.63, 3.8) is 0 Å². The van der Waals surface area contributed by atoms with Crippen molar-refractivity contribution in [3.05, 3.63) is 11.4 Å². The lowest BCUT2D eigenvalue weighted by Crippen LogP contribution is -2.34. The van der Waals surface area contributed by atoms with Crippen molar-refractivity contribution in [1.82, 2.24) is 14.7 Å². The van der Waals surface area contributed by atoms with E-state index in [9.17, 15) is 4.79 Å². The van der Waals surface area contributed by atoms with Crippen LogP contribution in [-0.4, -0.2) is 50.8 Å². The van der Waals surface area contributed by atoms with E-state index in [0.717, 1.165) is 0 Å². The van der Waals surface area contributed by atoms with Crippen LogP contribution in [-0.2, 0) is 18.3 Å². The first-order valence-corrected chi connectivity index (χ1v) is 6.48. The molecule has 0 aliphatic carbocycles. The summed E-state index contributed by atoms with van der Waals surface area (Å²) in [6, 6.07) is 1.85. The molecule has 120 valence electrons. The van der Waals surface area contributed by atoms with Gasteiger partial charge in [0.1, 0.15) is 17.4 Å². The Kier molecular flexibility index (Phi) is 5.40. The van der Waals surface area contributed by atoms with E-state index in [-0.39, 0.29) is 23.7 Å². The summed E-state index contributed by atoms with van der Waals surface area (Å²) in [4.78, 5) is 13.2. The molecule has 1 aromatic heterocycles. The largest absolute Gasteiger partial charge is 0.707 e. The lowest BCUT2D eigenvalue weighted by molar-refractivity contribution is 0.0282. The van der Waals surface area contributed by atoms with E-state index >= 15 is 0 Å². The first-order valence-electron chi connectivity index (χ1n) is 6.48. The maximum absolute atomic E-state index is 11.9. The van der Waals surface area contributed by atoms with Crippen molar-refractivity contribution in [3.8, 4) is 11.8 Å². The quantitative estimate of drug-likeness (QED) is 0.751. The number of rotatable bonds is 4. The lowest BCUT2D eigenvalue weighted by atomic mass is 10.2. The molecule has 0 saturated carbocycles. The summed E-state index contributed by atoms with van der Waals surface area (Å²) in [5, 5.41) is 31.0. The van der Waals surface area contributed by atoms with Crippen molar-refractivity contribution in [2.24, 2.45) is 7.05 Å². The number of hydrogen-bond acceptors (Lipinski definition) is 7. The number of nitriles is 1. The zero-order chi connectivity index (χ0) is 17.1. The third-order valence-corrected chi connectivity index (χ3v) is 2.49. The standard InChI is InChI=1S/C12H19BN4O5/c1-12(2,3)21-11(18)16(4)7-8-10(22-13(19)20)9(6-14)17(5)15-8/h19-20H,7H2,1-5H3. The van der Waals surface area contributed by atoms with Gasteiger partial charge in [-0.25, -0.2) is 4.79 Å². The molecule has 1 amide bonds. The Morgan fingerprint density at radius 1 is 1.50 bits per heavy atom. The zero-order valence-corrected chi connectivity index (χ0v) is 13.2. The Morgan fingerprint density at radius 2 is 2.09 bits per heavy atom. The van der Waals surface area contributed by atoms with Crippen LogP contribution in [0.15, 0.2) is 0 Å². The first kappa shape index (κ1) is 17.8. The molecule has 1 aromatic rings. The van der Waals surface area contributed by atoms with Gasteiger partial charge in [-0.3, -0.25) is 4.68 Å². The maximum atomic E-state index is 11.9. The topological polar surface area (TPSA) is 121 Å².